The van der Waals surface area contributed by atoms with Crippen LogP contribution in [0.1, 0.15) is 40.0 Å². The van der Waals surface area contributed by atoms with Crippen LogP contribution in [0.2, 0.25) is 0 Å². The van der Waals surface area contributed by atoms with Crippen LogP contribution in [-0.4, -0.2) is 48.1 Å². The summed E-state index contributed by atoms with van der Waals surface area (Å²) in [6.45, 7) is 10.5. The molecular formula is C13H28N2S. The van der Waals surface area contributed by atoms with Gasteiger partial charge in [0.05, 0.1) is 0 Å². The van der Waals surface area contributed by atoms with Gasteiger partial charge in [0.15, 0.2) is 0 Å². The zero-order valence-corrected chi connectivity index (χ0v) is 12.0. The molecule has 0 aromatic carbocycles. The Morgan fingerprint density at radius 1 is 1.25 bits per heavy atom. The first kappa shape index (κ1) is 14.3. The van der Waals surface area contributed by atoms with Crippen LogP contribution in [-0.2, 0) is 0 Å². The SMILES string of the molecule is CCCC(CNC(C)C)N1CCCSCC1. The van der Waals surface area contributed by atoms with E-state index in [0.29, 0.717) is 6.04 Å². The fraction of sp³-hybridized carbons (Fsp3) is 1.00. The quantitative estimate of drug-likeness (QED) is 0.773. The molecule has 1 unspecified atom stereocenters. The first-order valence-electron chi connectivity index (χ1n) is 6.79. The molecule has 0 aromatic heterocycles. The fourth-order valence-corrected chi connectivity index (χ4v) is 3.15. The van der Waals surface area contributed by atoms with E-state index >= 15 is 0 Å². The highest BCUT2D eigenvalue weighted by atomic mass is 32.2. The maximum Gasteiger partial charge on any atom is 0.0220 e. The molecule has 0 bridgehead atoms. The van der Waals surface area contributed by atoms with Crippen LogP contribution in [0.3, 0.4) is 0 Å². The fourth-order valence-electron chi connectivity index (χ4n) is 2.25. The van der Waals surface area contributed by atoms with Crippen molar-refractivity contribution in [1.82, 2.24) is 10.2 Å². The summed E-state index contributed by atoms with van der Waals surface area (Å²) < 4.78 is 0. The minimum absolute atomic E-state index is 0.612. The highest BCUT2D eigenvalue weighted by molar-refractivity contribution is 7.99. The van der Waals surface area contributed by atoms with E-state index in [1.54, 1.807) is 0 Å². The van der Waals surface area contributed by atoms with Crippen LogP contribution in [0.4, 0.5) is 0 Å². The molecule has 3 heteroatoms. The summed E-state index contributed by atoms with van der Waals surface area (Å²) in [5, 5.41) is 3.60. The summed E-state index contributed by atoms with van der Waals surface area (Å²) in [5.41, 5.74) is 0. The number of nitrogens with zero attached hydrogens (tertiary/aromatic N) is 1. The maximum atomic E-state index is 3.60. The minimum Gasteiger partial charge on any atom is -0.313 e. The van der Waals surface area contributed by atoms with Gasteiger partial charge in [-0.05, 0) is 25.1 Å². The Hall–Kier alpha value is 0.270. The second kappa shape index (κ2) is 8.37. The first-order valence-corrected chi connectivity index (χ1v) is 7.94. The molecule has 0 radical (unpaired) electrons. The van der Waals surface area contributed by atoms with Gasteiger partial charge >= 0.3 is 0 Å². The van der Waals surface area contributed by atoms with Crippen molar-refractivity contribution >= 4 is 11.8 Å². The summed E-state index contributed by atoms with van der Waals surface area (Å²) in [6.07, 6.45) is 4.00. The van der Waals surface area contributed by atoms with Crippen molar-refractivity contribution in [1.29, 1.82) is 0 Å². The zero-order valence-electron chi connectivity index (χ0n) is 11.2. The van der Waals surface area contributed by atoms with E-state index in [1.165, 1.54) is 43.9 Å². The molecular weight excluding hydrogens is 216 g/mol. The molecule has 1 aliphatic heterocycles. The normalized spacial score (nSPS) is 21.0. The molecule has 1 N–H and O–H groups in total. The number of thioether (sulfide) groups is 1. The van der Waals surface area contributed by atoms with E-state index in [-0.39, 0.29) is 0 Å². The van der Waals surface area contributed by atoms with Crippen molar-refractivity contribution in [2.45, 2.75) is 52.1 Å². The Balaban J connectivity index is 2.39. The highest BCUT2D eigenvalue weighted by Gasteiger charge is 2.18. The molecule has 1 heterocycles. The molecule has 96 valence electrons. The van der Waals surface area contributed by atoms with Crippen LogP contribution in [0.5, 0.6) is 0 Å². The van der Waals surface area contributed by atoms with Gasteiger partial charge in [-0.2, -0.15) is 11.8 Å². The van der Waals surface area contributed by atoms with E-state index in [9.17, 15) is 0 Å². The Kier molecular flexibility index (Phi) is 7.50. The second-order valence-electron chi connectivity index (χ2n) is 5.01. The molecule has 1 fully saturated rings. The predicted octanol–water partition coefficient (Wildman–Crippen LogP) is 2.59. The third kappa shape index (κ3) is 5.55. The van der Waals surface area contributed by atoms with Gasteiger partial charge < -0.3 is 5.32 Å². The van der Waals surface area contributed by atoms with Crippen LogP contribution >= 0.6 is 11.8 Å². The van der Waals surface area contributed by atoms with E-state index < -0.39 is 0 Å². The number of rotatable bonds is 6. The van der Waals surface area contributed by atoms with Gasteiger partial charge in [-0.25, -0.2) is 0 Å². The minimum atomic E-state index is 0.612. The van der Waals surface area contributed by atoms with Crippen molar-refractivity contribution in [3.63, 3.8) is 0 Å². The summed E-state index contributed by atoms with van der Waals surface area (Å²) in [4.78, 5) is 2.71. The molecule has 16 heavy (non-hydrogen) atoms. The van der Waals surface area contributed by atoms with E-state index in [2.05, 4.69) is 42.7 Å². The average molecular weight is 244 g/mol. The van der Waals surface area contributed by atoms with Gasteiger partial charge in [0.1, 0.15) is 0 Å². The summed E-state index contributed by atoms with van der Waals surface area (Å²) in [7, 11) is 0. The van der Waals surface area contributed by atoms with Crippen molar-refractivity contribution < 1.29 is 0 Å². The van der Waals surface area contributed by atoms with E-state index in [0.717, 1.165) is 12.6 Å². The molecule has 0 aromatic rings. The van der Waals surface area contributed by atoms with Crippen molar-refractivity contribution in [2.24, 2.45) is 0 Å². The third-order valence-corrected chi connectivity index (χ3v) is 4.21. The van der Waals surface area contributed by atoms with Gasteiger partial charge in [0.25, 0.3) is 0 Å². The molecule has 1 atom stereocenters. The van der Waals surface area contributed by atoms with E-state index in [1.807, 2.05) is 0 Å². The van der Waals surface area contributed by atoms with Crippen LogP contribution in [0, 0.1) is 0 Å². The largest absolute Gasteiger partial charge is 0.313 e. The molecule has 0 amide bonds. The third-order valence-electron chi connectivity index (χ3n) is 3.16. The van der Waals surface area contributed by atoms with Gasteiger partial charge in [0.2, 0.25) is 0 Å². The number of hydrogen-bond donors (Lipinski definition) is 1. The Labute approximate surface area is 106 Å². The molecule has 1 rings (SSSR count). The molecule has 0 aliphatic carbocycles. The lowest BCUT2D eigenvalue weighted by atomic mass is 10.1. The van der Waals surface area contributed by atoms with Crippen molar-refractivity contribution in [3.05, 3.63) is 0 Å². The monoisotopic (exact) mass is 244 g/mol. The lowest BCUT2D eigenvalue weighted by molar-refractivity contribution is 0.192. The maximum absolute atomic E-state index is 3.60. The zero-order chi connectivity index (χ0) is 11.8. The lowest BCUT2D eigenvalue weighted by Crippen LogP contribution is -2.44. The topological polar surface area (TPSA) is 15.3 Å². The Bertz CT molecular complexity index is 165. The van der Waals surface area contributed by atoms with Gasteiger partial charge in [-0.1, -0.05) is 27.2 Å². The van der Waals surface area contributed by atoms with Crippen molar-refractivity contribution in [3.8, 4) is 0 Å². The van der Waals surface area contributed by atoms with E-state index in [4.69, 9.17) is 0 Å². The summed E-state index contributed by atoms with van der Waals surface area (Å²) in [6, 6.07) is 1.37. The Morgan fingerprint density at radius 3 is 2.75 bits per heavy atom. The molecule has 0 spiro atoms. The first-order chi connectivity index (χ1) is 7.74. The van der Waals surface area contributed by atoms with Gasteiger partial charge in [-0.15, -0.1) is 0 Å². The highest BCUT2D eigenvalue weighted by Crippen LogP contribution is 2.15. The summed E-state index contributed by atoms with van der Waals surface area (Å²) in [5.74, 6) is 2.68. The van der Waals surface area contributed by atoms with Crippen molar-refractivity contribution in [2.75, 3.05) is 31.1 Å². The summed E-state index contributed by atoms with van der Waals surface area (Å²) >= 11 is 2.12. The lowest BCUT2D eigenvalue weighted by Gasteiger charge is -2.31. The molecule has 2 nitrogen and oxygen atoms in total. The number of hydrogen-bond acceptors (Lipinski definition) is 3. The predicted molar refractivity (Wildman–Crippen MR) is 75.3 cm³/mol. The van der Waals surface area contributed by atoms with Crippen LogP contribution in [0.15, 0.2) is 0 Å². The number of nitrogens with one attached hydrogen (secondary N) is 1. The second-order valence-corrected chi connectivity index (χ2v) is 6.23. The average Bonchev–Trinajstić information content (AvgIpc) is 2.52. The smallest absolute Gasteiger partial charge is 0.0220 e. The molecule has 1 saturated heterocycles. The standard InChI is InChI=1S/C13H28N2S/c1-4-6-13(11-14-12(2)3)15-7-5-9-16-10-8-15/h12-14H,4-11H2,1-3H3. The van der Waals surface area contributed by atoms with Crippen LogP contribution in [0.25, 0.3) is 0 Å². The van der Waals surface area contributed by atoms with Crippen LogP contribution < -0.4 is 5.32 Å². The molecule has 0 saturated carbocycles. The van der Waals surface area contributed by atoms with Gasteiger partial charge in [0, 0.05) is 30.9 Å². The Morgan fingerprint density at radius 2 is 2.06 bits per heavy atom. The molecule has 1 aliphatic rings. The van der Waals surface area contributed by atoms with Gasteiger partial charge in [-0.3, -0.25) is 4.90 Å².